The fraction of sp³-hybridized carbons (Fsp3) is 0.316. The molecule has 4 heterocycles. The number of carbonyl (C=O) groups is 2. The van der Waals surface area contributed by atoms with Crippen LogP contribution in [0.2, 0.25) is 0 Å². The Hall–Kier alpha value is -3.07. The van der Waals surface area contributed by atoms with E-state index in [9.17, 15) is 9.59 Å². The van der Waals surface area contributed by atoms with Crippen molar-refractivity contribution in [2.24, 2.45) is 5.92 Å². The molecule has 0 unspecified atom stereocenters. The number of piperidine rings is 1. The maximum atomic E-state index is 12.6. The van der Waals surface area contributed by atoms with E-state index in [4.69, 9.17) is 0 Å². The van der Waals surface area contributed by atoms with Crippen molar-refractivity contribution in [3.05, 3.63) is 58.9 Å². The molecule has 1 atom stereocenters. The third-order valence-electron chi connectivity index (χ3n) is 4.74. The fourth-order valence-electron chi connectivity index (χ4n) is 3.25. The van der Waals surface area contributed by atoms with Gasteiger partial charge in [0.25, 0.3) is 5.91 Å². The number of carbonyl (C=O) groups excluding carboxylic acids is 2. The van der Waals surface area contributed by atoms with E-state index in [0.29, 0.717) is 25.5 Å². The zero-order valence-corrected chi connectivity index (χ0v) is 16.0. The zero-order valence-electron chi connectivity index (χ0n) is 15.2. The molecule has 0 aliphatic carbocycles. The molecule has 1 aliphatic rings. The van der Waals surface area contributed by atoms with Crippen LogP contribution in [0.15, 0.2) is 48.5 Å². The Labute approximate surface area is 166 Å². The number of aromatic nitrogens is 4. The highest BCUT2D eigenvalue weighted by Gasteiger charge is 2.29. The summed E-state index contributed by atoms with van der Waals surface area (Å²) in [5.74, 6) is 0.479. The molecule has 0 saturated carbocycles. The molecule has 0 spiro atoms. The van der Waals surface area contributed by atoms with Crippen molar-refractivity contribution in [2.75, 3.05) is 13.1 Å². The summed E-state index contributed by atoms with van der Waals surface area (Å²) in [6.07, 6.45) is 6.38. The van der Waals surface area contributed by atoms with Crippen molar-refractivity contribution in [3.8, 4) is 5.82 Å². The van der Waals surface area contributed by atoms with Gasteiger partial charge in [0.1, 0.15) is 12.7 Å². The van der Waals surface area contributed by atoms with Crippen LogP contribution in [0.1, 0.15) is 28.1 Å². The Morgan fingerprint density at radius 3 is 2.93 bits per heavy atom. The minimum Gasteiger partial charge on any atom is -0.352 e. The zero-order chi connectivity index (χ0) is 19.3. The van der Waals surface area contributed by atoms with E-state index < -0.39 is 0 Å². The summed E-state index contributed by atoms with van der Waals surface area (Å²) in [4.78, 5) is 35.8. The topological polar surface area (TPSA) is 93.0 Å². The van der Waals surface area contributed by atoms with Crippen LogP contribution >= 0.6 is 11.3 Å². The lowest BCUT2D eigenvalue weighted by Gasteiger charge is -2.31. The lowest BCUT2D eigenvalue weighted by molar-refractivity contribution is -0.126. The number of nitrogens with zero attached hydrogens (tertiary/aromatic N) is 5. The van der Waals surface area contributed by atoms with Crippen molar-refractivity contribution in [3.63, 3.8) is 0 Å². The molecule has 0 aromatic carbocycles. The van der Waals surface area contributed by atoms with Crippen molar-refractivity contribution in [1.82, 2.24) is 30.0 Å². The molecule has 3 aromatic rings. The lowest BCUT2D eigenvalue weighted by atomic mass is 9.97. The summed E-state index contributed by atoms with van der Waals surface area (Å²) in [7, 11) is 0. The first kappa shape index (κ1) is 18.3. The van der Waals surface area contributed by atoms with Gasteiger partial charge < -0.3 is 10.2 Å². The number of pyridine rings is 1. The van der Waals surface area contributed by atoms with Crippen LogP contribution in [-0.4, -0.2) is 49.6 Å². The normalized spacial score (nSPS) is 16.7. The third-order valence-corrected chi connectivity index (χ3v) is 5.60. The molecule has 1 N–H and O–H groups in total. The van der Waals surface area contributed by atoms with Gasteiger partial charge in [-0.15, -0.1) is 11.3 Å². The van der Waals surface area contributed by atoms with Crippen molar-refractivity contribution >= 4 is 23.2 Å². The Balaban J connectivity index is 1.31. The number of nitrogens with one attached hydrogen (secondary N) is 1. The maximum absolute atomic E-state index is 12.6. The molecule has 1 saturated heterocycles. The van der Waals surface area contributed by atoms with Gasteiger partial charge in [-0.25, -0.2) is 14.6 Å². The summed E-state index contributed by atoms with van der Waals surface area (Å²) < 4.78 is 1.57. The molecule has 8 nitrogen and oxygen atoms in total. The smallest absolute Gasteiger partial charge is 0.263 e. The Bertz CT molecular complexity index is 924. The van der Waals surface area contributed by atoms with E-state index in [1.807, 2.05) is 29.6 Å². The summed E-state index contributed by atoms with van der Waals surface area (Å²) in [6.45, 7) is 1.57. The molecule has 144 valence electrons. The second-order valence-corrected chi connectivity index (χ2v) is 7.60. The Kier molecular flexibility index (Phi) is 5.43. The van der Waals surface area contributed by atoms with E-state index in [-0.39, 0.29) is 17.7 Å². The van der Waals surface area contributed by atoms with Crippen LogP contribution < -0.4 is 5.32 Å². The first-order valence-corrected chi connectivity index (χ1v) is 9.99. The van der Waals surface area contributed by atoms with E-state index in [1.54, 1.807) is 22.1 Å². The molecule has 0 radical (unpaired) electrons. The van der Waals surface area contributed by atoms with Crippen LogP contribution in [0.25, 0.3) is 5.82 Å². The van der Waals surface area contributed by atoms with E-state index in [2.05, 4.69) is 20.4 Å². The van der Waals surface area contributed by atoms with Gasteiger partial charge in [0.15, 0.2) is 5.82 Å². The van der Waals surface area contributed by atoms with Crippen LogP contribution in [0.3, 0.4) is 0 Å². The highest BCUT2D eigenvalue weighted by molar-refractivity contribution is 7.12. The van der Waals surface area contributed by atoms with Gasteiger partial charge in [0, 0.05) is 25.8 Å². The van der Waals surface area contributed by atoms with Crippen molar-refractivity contribution in [1.29, 1.82) is 0 Å². The molecule has 1 aliphatic heterocycles. The van der Waals surface area contributed by atoms with Crippen LogP contribution in [0.5, 0.6) is 0 Å². The number of amides is 2. The molecular formula is C19H20N6O2S. The number of rotatable bonds is 5. The van der Waals surface area contributed by atoms with E-state index in [0.717, 1.165) is 23.3 Å². The Morgan fingerprint density at radius 1 is 1.29 bits per heavy atom. The molecular weight excluding hydrogens is 376 g/mol. The van der Waals surface area contributed by atoms with Crippen LogP contribution in [-0.2, 0) is 11.3 Å². The average Bonchev–Trinajstić information content (AvgIpc) is 3.46. The summed E-state index contributed by atoms with van der Waals surface area (Å²) in [6, 6.07) is 7.43. The quantitative estimate of drug-likeness (QED) is 0.711. The summed E-state index contributed by atoms with van der Waals surface area (Å²) in [5.41, 5.74) is 0.902. The lowest BCUT2D eigenvalue weighted by Crippen LogP contribution is -2.45. The highest BCUT2D eigenvalue weighted by atomic mass is 32.1. The molecule has 2 amide bonds. The third kappa shape index (κ3) is 4.09. The maximum Gasteiger partial charge on any atom is 0.263 e. The number of thiophene rings is 1. The molecule has 0 bridgehead atoms. The summed E-state index contributed by atoms with van der Waals surface area (Å²) in [5, 5.41) is 8.89. The highest BCUT2D eigenvalue weighted by Crippen LogP contribution is 2.20. The molecule has 9 heteroatoms. The SMILES string of the molecule is O=C(NCc1ccc(-n2cncn2)nc1)[C@@H]1CCCN(C(=O)c2cccs2)C1. The monoisotopic (exact) mass is 396 g/mol. The predicted molar refractivity (Wildman–Crippen MR) is 104 cm³/mol. The van der Waals surface area contributed by atoms with E-state index in [1.165, 1.54) is 17.7 Å². The second-order valence-electron chi connectivity index (χ2n) is 6.65. The largest absolute Gasteiger partial charge is 0.352 e. The van der Waals surface area contributed by atoms with Gasteiger partial charge in [0.2, 0.25) is 5.91 Å². The van der Waals surface area contributed by atoms with Crippen LogP contribution in [0.4, 0.5) is 0 Å². The van der Waals surface area contributed by atoms with Gasteiger partial charge in [-0.3, -0.25) is 9.59 Å². The Morgan fingerprint density at radius 2 is 2.21 bits per heavy atom. The van der Waals surface area contributed by atoms with E-state index >= 15 is 0 Å². The second kappa shape index (κ2) is 8.30. The first-order valence-electron chi connectivity index (χ1n) is 9.11. The molecule has 28 heavy (non-hydrogen) atoms. The van der Waals surface area contributed by atoms with Gasteiger partial charge in [-0.1, -0.05) is 12.1 Å². The number of hydrogen-bond acceptors (Lipinski definition) is 6. The van der Waals surface area contributed by atoms with Gasteiger partial charge >= 0.3 is 0 Å². The molecule has 1 fully saturated rings. The molecule has 3 aromatic heterocycles. The van der Waals surface area contributed by atoms with Crippen molar-refractivity contribution < 1.29 is 9.59 Å². The van der Waals surface area contributed by atoms with Gasteiger partial charge in [0.05, 0.1) is 10.8 Å². The standard InChI is InChI=1S/C19H20N6O2S/c26-18(15-3-1-7-24(11-15)19(27)16-4-2-8-28-16)22-10-14-5-6-17(21-9-14)25-13-20-12-23-25/h2,4-6,8-9,12-13,15H,1,3,7,10-11H2,(H,22,26)/t15-/m1/s1. The average molecular weight is 396 g/mol. The van der Waals surface area contributed by atoms with Crippen molar-refractivity contribution in [2.45, 2.75) is 19.4 Å². The fourth-order valence-corrected chi connectivity index (χ4v) is 3.94. The minimum absolute atomic E-state index is 0.0143. The number of likely N-dealkylation sites (tertiary alicyclic amines) is 1. The number of hydrogen-bond donors (Lipinski definition) is 1. The predicted octanol–water partition coefficient (Wildman–Crippen LogP) is 1.89. The van der Waals surface area contributed by atoms with Gasteiger partial charge in [-0.2, -0.15) is 5.10 Å². The van der Waals surface area contributed by atoms with Gasteiger partial charge in [-0.05, 0) is 35.9 Å². The molecule has 4 rings (SSSR count). The van der Waals surface area contributed by atoms with Crippen LogP contribution in [0, 0.1) is 5.92 Å². The minimum atomic E-state index is -0.181. The summed E-state index contributed by atoms with van der Waals surface area (Å²) >= 11 is 1.43. The first-order chi connectivity index (χ1) is 13.7.